The monoisotopic (exact) mass is 227 g/mol. The van der Waals surface area contributed by atoms with Crippen LogP contribution in [-0.2, 0) is 9.53 Å². The fourth-order valence-corrected chi connectivity index (χ4v) is 0.809. The maximum atomic E-state index is 11.2. The summed E-state index contributed by atoms with van der Waals surface area (Å²) in [7, 11) is 3.60. The summed E-state index contributed by atoms with van der Waals surface area (Å²) in [5.41, 5.74) is 0. The molecule has 0 rings (SSSR count). The van der Waals surface area contributed by atoms with E-state index in [2.05, 4.69) is 0 Å². The van der Waals surface area contributed by atoms with Crippen molar-refractivity contribution in [2.75, 3.05) is 20.7 Å². The molecule has 0 fully saturated rings. The molecule has 0 unspecified atom stereocenters. The lowest BCUT2D eigenvalue weighted by molar-refractivity contribution is -0.115. The van der Waals surface area contributed by atoms with Crippen molar-refractivity contribution >= 4 is 23.2 Å². The number of hydrogen-bond donors (Lipinski definition) is 0. The Kier molecular flexibility index (Phi) is 7.54. The number of ketones is 1. The van der Waals surface area contributed by atoms with Crippen LogP contribution in [0.25, 0.3) is 0 Å². The van der Waals surface area contributed by atoms with Gasteiger partial charge >= 0.3 is 0 Å². The van der Waals surface area contributed by atoms with Crippen molar-refractivity contribution in [3.63, 3.8) is 0 Å². The molecule has 0 aromatic rings. The highest BCUT2D eigenvalue weighted by molar-refractivity contribution is 7.80. The Balaban J connectivity index is 3.68. The van der Waals surface area contributed by atoms with Crippen LogP contribution in [0.15, 0.2) is 24.3 Å². The molecule has 15 heavy (non-hydrogen) atoms. The maximum absolute atomic E-state index is 11.2. The van der Waals surface area contributed by atoms with Gasteiger partial charge < -0.3 is 9.64 Å². The third-order valence-corrected chi connectivity index (χ3v) is 2.01. The van der Waals surface area contributed by atoms with Gasteiger partial charge in [0.25, 0.3) is 5.17 Å². The van der Waals surface area contributed by atoms with Gasteiger partial charge in [0.1, 0.15) is 0 Å². The van der Waals surface area contributed by atoms with Gasteiger partial charge in [-0.15, -0.1) is 0 Å². The van der Waals surface area contributed by atoms with Gasteiger partial charge in [0.05, 0.1) is 6.61 Å². The van der Waals surface area contributed by atoms with E-state index in [-0.39, 0.29) is 5.78 Å². The van der Waals surface area contributed by atoms with Gasteiger partial charge in [-0.1, -0.05) is 18.2 Å². The topological polar surface area (TPSA) is 29.5 Å². The molecule has 0 spiro atoms. The highest BCUT2D eigenvalue weighted by Gasteiger charge is 2.01. The molecule has 0 aliphatic rings. The van der Waals surface area contributed by atoms with Crippen molar-refractivity contribution in [1.82, 2.24) is 4.90 Å². The molecule has 0 heterocycles. The van der Waals surface area contributed by atoms with Gasteiger partial charge in [-0.25, -0.2) is 0 Å². The molecular formula is C11H17NO2S. The van der Waals surface area contributed by atoms with Crippen LogP contribution in [0.4, 0.5) is 0 Å². The van der Waals surface area contributed by atoms with Gasteiger partial charge in [0.2, 0.25) is 0 Å². The summed E-state index contributed by atoms with van der Waals surface area (Å²) in [5, 5.41) is 0.403. The first-order valence-electron chi connectivity index (χ1n) is 4.74. The molecular weight excluding hydrogens is 210 g/mol. The minimum absolute atomic E-state index is 0.0367. The summed E-state index contributed by atoms with van der Waals surface area (Å²) in [6, 6.07) is 0. The van der Waals surface area contributed by atoms with E-state index >= 15 is 0 Å². The number of thiocarbonyl (C=S) groups is 1. The third-order valence-electron chi connectivity index (χ3n) is 1.52. The highest BCUT2D eigenvalue weighted by atomic mass is 32.1. The number of rotatable bonds is 5. The van der Waals surface area contributed by atoms with E-state index in [9.17, 15) is 4.79 Å². The van der Waals surface area contributed by atoms with E-state index in [1.54, 1.807) is 25.1 Å². The molecule has 0 aliphatic carbocycles. The van der Waals surface area contributed by atoms with Crippen LogP contribution >= 0.6 is 12.2 Å². The van der Waals surface area contributed by atoms with E-state index in [0.29, 0.717) is 18.2 Å². The SMILES string of the molecule is CC=CC=CC(=O)CCOC(=S)N(C)C. The highest BCUT2D eigenvalue weighted by Crippen LogP contribution is 1.92. The molecule has 3 nitrogen and oxygen atoms in total. The normalized spacial score (nSPS) is 10.9. The molecule has 0 N–H and O–H groups in total. The summed E-state index contributed by atoms with van der Waals surface area (Å²) in [5.74, 6) is 0.0367. The first kappa shape index (κ1) is 13.8. The zero-order valence-corrected chi connectivity index (χ0v) is 10.2. The van der Waals surface area contributed by atoms with Crippen molar-refractivity contribution < 1.29 is 9.53 Å². The summed E-state index contributed by atoms with van der Waals surface area (Å²) in [6.07, 6.45) is 7.27. The molecule has 0 saturated heterocycles. The Morgan fingerprint density at radius 3 is 2.60 bits per heavy atom. The zero-order valence-electron chi connectivity index (χ0n) is 9.40. The molecule has 0 radical (unpaired) electrons. The van der Waals surface area contributed by atoms with Crippen LogP contribution in [-0.4, -0.2) is 36.6 Å². The molecule has 0 bridgehead atoms. The lowest BCUT2D eigenvalue weighted by Gasteiger charge is -2.13. The predicted octanol–water partition coefficient (Wildman–Crippen LogP) is 1.94. The van der Waals surface area contributed by atoms with Crippen molar-refractivity contribution in [1.29, 1.82) is 0 Å². The second-order valence-corrected chi connectivity index (χ2v) is 3.46. The molecule has 0 amide bonds. The Morgan fingerprint density at radius 2 is 2.07 bits per heavy atom. The predicted molar refractivity (Wildman–Crippen MR) is 65.8 cm³/mol. The lowest BCUT2D eigenvalue weighted by atomic mass is 10.2. The molecule has 0 aromatic carbocycles. The fraction of sp³-hybridized carbons (Fsp3) is 0.455. The van der Waals surface area contributed by atoms with Crippen LogP contribution in [0, 0.1) is 0 Å². The number of allylic oxidation sites excluding steroid dienone is 4. The van der Waals surface area contributed by atoms with Gasteiger partial charge in [-0.05, 0) is 25.2 Å². The summed E-state index contributed by atoms with van der Waals surface area (Å²) in [4.78, 5) is 12.9. The van der Waals surface area contributed by atoms with Crippen molar-refractivity contribution in [2.45, 2.75) is 13.3 Å². The van der Waals surface area contributed by atoms with Crippen LogP contribution in [0.5, 0.6) is 0 Å². The smallest absolute Gasteiger partial charge is 0.258 e. The van der Waals surface area contributed by atoms with Crippen molar-refractivity contribution in [3.05, 3.63) is 24.3 Å². The van der Waals surface area contributed by atoms with Gasteiger partial charge in [0.15, 0.2) is 5.78 Å². The van der Waals surface area contributed by atoms with Gasteiger partial charge in [-0.3, -0.25) is 4.79 Å². The summed E-state index contributed by atoms with van der Waals surface area (Å²) in [6.45, 7) is 2.23. The van der Waals surface area contributed by atoms with Gasteiger partial charge in [-0.2, -0.15) is 0 Å². The van der Waals surface area contributed by atoms with Crippen LogP contribution in [0.1, 0.15) is 13.3 Å². The number of carbonyl (C=O) groups is 1. The second kappa shape index (κ2) is 8.17. The quantitative estimate of drug-likeness (QED) is 0.408. The summed E-state index contributed by atoms with van der Waals surface area (Å²) < 4.78 is 5.17. The standard InChI is InChI=1S/C11H17NO2S/c1-4-5-6-7-10(13)8-9-14-11(15)12(2)3/h4-7H,8-9H2,1-3H3. The van der Waals surface area contributed by atoms with Crippen LogP contribution in [0.2, 0.25) is 0 Å². The number of nitrogens with zero attached hydrogens (tertiary/aromatic N) is 1. The first-order valence-corrected chi connectivity index (χ1v) is 5.15. The minimum Gasteiger partial charge on any atom is -0.470 e. The van der Waals surface area contributed by atoms with Crippen LogP contribution in [0.3, 0.4) is 0 Å². The Morgan fingerprint density at radius 1 is 1.40 bits per heavy atom. The van der Waals surface area contributed by atoms with E-state index in [1.807, 2.05) is 19.1 Å². The number of carbonyl (C=O) groups excluding carboxylic acids is 1. The van der Waals surface area contributed by atoms with Crippen LogP contribution < -0.4 is 0 Å². The van der Waals surface area contributed by atoms with E-state index in [0.717, 1.165) is 0 Å². The van der Waals surface area contributed by atoms with E-state index in [1.165, 1.54) is 6.08 Å². The van der Waals surface area contributed by atoms with E-state index in [4.69, 9.17) is 17.0 Å². The average molecular weight is 227 g/mol. The molecule has 0 saturated carbocycles. The third kappa shape index (κ3) is 7.88. The first-order chi connectivity index (χ1) is 7.07. The Labute approximate surface area is 96.4 Å². The maximum Gasteiger partial charge on any atom is 0.258 e. The minimum atomic E-state index is 0.0367. The fourth-order valence-electron chi connectivity index (χ4n) is 0.725. The number of hydrogen-bond acceptors (Lipinski definition) is 3. The molecule has 84 valence electrons. The average Bonchev–Trinajstić information content (AvgIpc) is 2.18. The zero-order chi connectivity index (χ0) is 11.7. The summed E-state index contributed by atoms with van der Waals surface area (Å²) >= 11 is 4.90. The Bertz CT molecular complexity index is 270. The largest absolute Gasteiger partial charge is 0.470 e. The number of ether oxygens (including phenoxy) is 1. The van der Waals surface area contributed by atoms with Crippen molar-refractivity contribution in [3.8, 4) is 0 Å². The molecule has 4 heteroatoms. The molecule has 0 aromatic heterocycles. The second-order valence-electron chi connectivity index (χ2n) is 3.11. The van der Waals surface area contributed by atoms with Crippen molar-refractivity contribution in [2.24, 2.45) is 0 Å². The molecule has 0 aliphatic heterocycles. The van der Waals surface area contributed by atoms with E-state index < -0.39 is 0 Å². The molecule has 0 atom stereocenters. The van der Waals surface area contributed by atoms with Gasteiger partial charge in [0, 0.05) is 20.5 Å². The Hall–Kier alpha value is -1.16. The lowest BCUT2D eigenvalue weighted by Crippen LogP contribution is -2.23.